The van der Waals surface area contributed by atoms with E-state index in [4.69, 9.17) is 0 Å². The van der Waals surface area contributed by atoms with Crippen LogP contribution < -0.4 is 9.47 Å². The fraction of sp³-hybridized carbons (Fsp3) is 0. The molecule has 0 radical (unpaired) electrons. The summed E-state index contributed by atoms with van der Waals surface area (Å²) in [4.78, 5) is 25.2. The molecule has 0 spiro atoms. The number of aromatic nitrogens is 1. The maximum atomic E-state index is 10.8. The van der Waals surface area contributed by atoms with E-state index in [9.17, 15) is 9.59 Å². The highest BCUT2D eigenvalue weighted by Crippen LogP contribution is 2.17. The van der Waals surface area contributed by atoms with Crippen molar-refractivity contribution < 1.29 is 23.5 Å². The number of oxazole rings is 1. The van der Waals surface area contributed by atoms with Crippen molar-refractivity contribution in [2.24, 2.45) is 0 Å². The highest BCUT2D eigenvalue weighted by atomic mass is 16.6. The predicted molar refractivity (Wildman–Crippen MR) is 36.9 cm³/mol. The van der Waals surface area contributed by atoms with Gasteiger partial charge in [-0.15, -0.1) is 4.98 Å². The number of fused-ring (bicyclic) bond motifs is 2. The molecule has 1 aliphatic rings. The number of hydrogen-bond acceptors (Lipinski definition) is 6. The summed E-state index contributed by atoms with van der Waals surface area (Å²) in [6, 6.07) is 0. The molecule has 1 aromatic heterocycles. The number of carbonyl (C=O) groups excluding carboxylic acids is 2. The molecule has 0 fully saturated rings. The highest BCUT2D eigenvalue weighted by molar-refractivity contribution is 5.93. The zero-order valence-corrected chi connectivity index (χ0v) is 6.22. The molecule has 1 aliphatic heterocycles. The lowest BCUT2D eigenvalue weighted by atomic mass is 10.5. The van der Waals surface area contributed by atoms with Gasteiger partial charge in [0.15, 0.2) is 6.26 Å². The average Bonchev–Trinajstić information content (AvgIpc) is 2.50. The molecule has 0 atom stereocenters. The van der Waals surface area contributed by atoms with Crippen LogP contribution in [-0.4, -0.2) is 16.9 Å². The summed E-state index contributed by atoms with van der Waals surface area (Å²) in [5, 5.41) is 0. The number of carbonyl (C=O) groups is 2. The minimum absolute atomic E-state index is 0.0423. The van der Waals surface area contributed by atoms with E-state index in [1.165, 1.54) is 0 Å². The lowest BCUT2D eigenvalue weighted by molar-refractivity contribution is -0.132. The van der Waals surface area contributed by atoms with Gasteiger partial charge in [0.25, 0.3) is 5.88 Å². The Morgan fingerprint density at radius 1 is 1.08 bits per heavy atom. The second-order valence-electron chi connectivity index (χ2n) is 2.13. The van der Waals surface area contributed by atoms with Crippen LogP contribution in [-0.2, 0) is 9.59 Å². The quantitative estimate of drug-likeness (QED) is 0.526. The van der Waals surface area contributed by atoms with Crippen molar-refractivity contribution in [2.45, 2.75) is 0 Å². The van der Waals surface area contributed by atoms with Gasteiger partial charge in [0.2, 0.25) is 0 Å². The largest absolute Gasteiger partial charge is 0.413 e. The smallest absolute Gasteiger partial charge is 0.405 e. The van der Waals surface area contributed by atoms with Crippen LogP contribution in [0.4, 0.5) is 0 Å². The van der Waals surface area contributed by atoms with E-state index in [0.29, 0.717) is 0 Å². The van der Waals surface area contributed by atoms with Crippen LogP contribution in [0, 0.1) is 0 Å². The standard InChI is InChI=1S/C7H3NO5/c9-5-1-2-6(10)13-7-8-4(12-5)3-11-7/h1-3H/b2-1+. The second-order valence-corrected chi connectivity index (χ2v) is 2.13. The number of ether oxygens (including phenoxy) is 2. The van der Waals surface area contributed by atoms with E-state index in [-0.39, 0.29) is 12.0 Å². The lowest BCUT2D eigenvalue weighted by Crippen LogP contribution is -2.06. The van der Waals surface area contributed by atoms with Gasteiger partial charge in [0, 0.05) is 12.2 Å². The third-order valence-corrected chi connectivity index (χ3v) is 1.21. The summed E-state index contributed by atoms with van der Waals surface area (Å²) in [5.41, 5.74) is 0. The Morgan fingerprint density at radius 2 is 1.77 bits per heavy atom. The summed E-state index contributed by atoms with van der Waals surface area (Å²) in [5.74, 6) is -1.50. The van der Waals surface area contributed by atoms with Crippen LogP contribution in [0.3, 0.4) is 0 Å². The molecule has 0 aliphatic carbocycles. The number of nitrogens with zero attached hydrogens (tertiary/aromatic N) is 1. The molecule has 2 bridgehead atoms. The summed E-state index contributed by atoms with van der Waals surface area (Å²) in [6.45, 7) is 0. The Labute approximate surface area is 71.8 Å². The van der Waals surface area contributed by atoms with E-state index < -0.39 is 11.9 Å². The van der Waals surface area contributed by atoms with Crippen LogP contribution in [0.5, 0.6) is 12.0 Å². The van der Waals surface area contributed by atoms with Gasteiger partial charge in [-0.2, -0.15) is 0 Å². The number of rotatable bonds is 0. The predicted octanol–water partition coefficient (Wildman–Crippen LogP) is 0.0552. The first kappa shape index (κ1) is 7.53. The zero-order valence-electron chi connectivity index (χ0n) is 6.22. The van der Waals surface area contributed by atoms with Crippen molar-refractivity contribution in [1.82, 2.24) is 4.98 Å². The lowest BCUT2D eigenvalue weighted by Gasteiger charge is -1.91. The average molecular weight is 181 g/mol. The van der Waals surface area contributed by atoms with Gasteiger partial charge in [0.1, 0.15) is 0 Å². The van der Waals surface area contributed by atoms with Crippen LogP contribution in [0.15, 0.2) is 22.8 Å². The molecule has 6 nitrogen and oxygen atoms in total. The topological polar surface area (TPSA) is 78.6 Å². The fourth-order valence-corrected chi connectivity index (χ4v) is 0.730. The Morgan fingerprint density at radius 3 is 2.54 bits per heavy atom. The Balaban J connectivity index is 2.38. The third-order valence-electron chi connectivity index (χ3n) is 1.21. The van der Waals surface area contributed by atoms with Crippen LogP contribution in [0.1, 0.15) is 0 Å². The van der Waals surface area contributed by atoms with E-state index in [2.05, 4.69) is 18.9 Å². The molecule has 13 heavy (non-hydrogen) atoms. The van der Waals surface area contributed by atoms with Crippen molar-refractivity contribution in [3.05, 3.63) is 18.4 Å². The van der Waals surface area contributed by atoms with Gasteiger partial charge in [0.05, 0.1) is 0 Å². The Hall–Kier alpha value is -2.11. The van der Waals surface area contributed by atoms with Crippen molar-refractivity contribution >= 4 is 11.9 Å². The van der Waals surface area contributed by atoms with Gasteiger partial charge in [-0.25, -0.2) is 9.59 Å². The molecule has 0 saturated carbocycles. The zero-order chi connectivity index (χ0) is 9.26. The van der Waals surface area contributed by atoms with Crippen molar-refractivity contribution in [3.8, 4) is 12.0 Å². The second kappa shape index (κ2) is 2.74. The monoisotopic (exact) mass is 181 g/mol. The van der Waals surface area contributed by atoms with Crippen molar-refractivity contribution in [3.63, 3.8) is 0 Å². The molecular formula is C7H3NO5. The molecule has 1 aromatic rings. The third kappa shape index (κ3) is 1.56. The summed E-state index contributed by atoms with van der Waals surface area (Å²) in [6.07, 6.45) is 2.69. The molecule has 0 amide bonds. The molecule has 0 aromatic carbocycles. The number of esters is 2. The molecule has 2 heterocycles. The van der Waals surface area contributed by atoms with Crippen LogP contribution in [0.25, 0.3) is 0 Å². The maximum absolute atomic E-state index is 10.8. The van der Waals surface area contributed by atoms with E-state index in [0.717, 1.165) is 18.4 Å². The highest BCUT2D eigenvalue weighted by Gasteiger charge is 2.14. The van der Waals surface area contributed by atoms with Crippen LogP contribution in [0.2, 0.25) is 0 Å². The minimum Gasteiger partial charge on any atom is -0.413 e. The molecule has 0 N–H and O–H groups in total. The first-order valence-electron chi connectivity index (χ1n) is 3.31. The van der Waals surface area contributed by atoms with Gasteiger partial charge in [-0.3, -0.25) is 0 Å². The van der Waals surface area contributed by atoms with Crippen molar-refractivity contribution in [1.29, 1.82) is 0 Å². The molecule has 0 unspecified atom stereocenters. The molecule has 0 saturated heterocycles. The Kier molecular flexibility index (Phi) is 1.59. The van der Waals surface area contributed by atoms with Gasteiger partial charge in [-0.05, 0) is 0 Å². The van der Waals surface area contributed by atoms with Gasteiger partial charge in [-0.1, -0.05) is 0 Å². The van der Waals surface area contributed by atoms with Crippen molar-refractivity contribution in [2.75, 3.05) is 0 Å². The summed E-state index contributed by atoms with van der Waals surface area (Å²) >= 11 is 0. The minimum atomic E-state index is -0.743. The van der Waals surface area contributed by atoms with Gasteiger partial charge < -0.3 is 13.9 Å². The van der Waals surface area contributed by atoms with E-state index >= 15 is 0 Å². The Bertz CT molecular complexity index is 357. The number of hydrogen-bond donors (Lipinski definition) is 0. The summed E-state index contributed by atoms with van der Waals surface area (Å²) in [7, 11) is 0. The first-order chi connectivity index (χ1) is 6.24. The molecule has 66 valence electrons. The van der Waals surface area contributed by atoms with Crippen LogP contribution >= 0.6 is 0 Å². The normalized spacial score (nSPS) is 17.8. The molecule has 2 rings (SSSR count). The summed E-state index contributed by atoms with van der Waals surface area (Å²) < 4.78 is 13.8. The van der Waals surface area contributed by atoms with E-state index in [1.54, 1.807) is 0 Å². The maximum Gasteiger partial charge on any atom is 0.405 e. The SMILES string of the molecule is O=C1/C=C/C(=O)Oc2nc(co2)O1. The molecule has 6 heteroatoms. The first-order valence-corrected chi connectivity index (χ1v) is 3.31. The van der Waals surface area contributed by atoms with Gasteiger partial charge >= 0.3 is 18.0 Å². The molecular weight excluding hydrogens is 178 g/mol. The fourth-order valence-electron chi connectivity index (χ4n) is 0.730. The van der Waals surface area contributed by atoms with E-state index in [1.807, 2.05) is 0 Å².